The van der Waals surface area contributed by atoms with Gasteiger partial charge in [0.05, 0.1) is 0 Å². The molecule has 0 spiro atoms. The summed E-state index contributed by atoms with van der Waals surface area (Å²) in [5, 5.41) is 0. The zero-order valence-corrected chi connectivity index (χ0v) is 11.8. The van der Waals surface area contributed by atoms with E-state index in [1.54, 1.807) is 0 Å². The molecule has 1 aromatic carbocycles. The Morgan fingerprint density at radius 2 is 1.68 bits per heavy atom. The van der Waals surface area contributed by atoms with Gasteiger partial charge >= 0.3 is 0 Å². The number of halogens is 2. The number of benzene rings is 1. The average molecular weight is 264 g/mol. The van der Waals surface area contributed by atoms with Gasteiger partial charge in [0.25, 0.3) is 0 Å². The third kappa shape index (κ3) is 3.43. The lowest BCUT2D eigenvalue weighted by Crippen LogP contribution is -2.12. The van der Waals surface area contributed by atoms with Crippen LogP contribution in [-0.2, 0) is 0 Å². The first-order valence-corrected chi connectivity index (χ1v) is 7.24. The quantitative estimate of drug-likeness (QED) is 0.631. The molecule has 0 saturated heterocycles. The maximum Gasteiger partial charge on any atom is 0.129 e. The van der Waals surface area contributed by atoms with Crippen molar-refractivity contribution in [2.24, 2.45) is 5.92 Å². The summed E-state index contributed by atoms with van der Waals surface area (Å²) in [5.74, 6) is 0.137. The molecule has 0 N–H and O–H groups in total. The Morgan fingerprint density at radius 3 is 2.21 bits per heavy atom. The molecular formula is C17H22F2. The third-order valence-corrected chi connectivity index (χ3v) is 4.19. The molecule has 0 aliphatic heterocycles. The SMILES string of the molecule is CC/C=C/C1CCC(c2cc(F)c(C)c(F)c2)CC1. The van der Waals surface area contributed by atoms with Gasteiger partial charge in [0, 0.05) is 5.56 Å². The van der Waals surface area contributed by atoms with Crippen LogP contribution in [0.1, 0.15) is 56.1 Å². The fourth-order valence-electron chi connectivity index (χ4n) is 2.87. The number of rotatable bonds is 3. The smallest absolute Gasteiger partial charge is 0.129 e. The van der Waals surface area contributed by atoms with E-state index in [0.717, 1.165) is 37.7 Å². The summed E-state index contributed by atoms with van der Waals surface area (Å²) >= 11 is 0. The van der Waals surface area contributed by atoms with Crippen LogP contribution in [0.15, 0.2) is 24.3 Å². The van der Waals surface area contributed by atoms with E-state index in [4.69, 9.17) is 0 Å². The molecule has 0 radical (unpaired) electrons. The van der Waals surface area contributed by atoms with E-state index < -0.39 is 11.6 Å². The molecule has 0 nitrogen and oxygen atoms in total. The number of hydrogen-bond acceptors (Lipinski definition) is 0. The summed E-state index contributed by atoms with van der Waals surface area (Å²) in [6, 6.07) is 3.04. The lowest BCUT2D eigenvalue weighted by Gasteiger charge is -2.27. The topological polar surface area (TPSA) is 0 Å². The molecule has 1 aliphatic rings. The van der Waals surface area contributed by atoms with Crippen molar-refractivity contribution in [2.45, 2.75) is 51.9 Å². The molecule has 0 aromatic heterocycles. The minimum absolute atomic E-state index is 0.128. The summed E-state index contributed by atoms with van der Waals surface area (Å²) in [4.78, 5) is 0. The van der Waals surface area contributed by atoms with Crippen molar-refractivity contribution in [3.8, 4) is 0 Å². The molecule has 0 unspecified atom stereocenters. The molecule has 0 bridgehead atoms. The summed E-state index contributed by atoms with van der Waals surface area (Å²) in [6.45, 7) is 3.63. The third-order valence-electron chi connectivity index (χ3n) is 4.19. The molecule has 1 fully saturated rings. The second-order valence-corrected chi connectivity index (χ2v) is 5.56. The molecule has 19 heavy (non-hydrogen) atoms. The van der Waals surface area contributed by atoms with Crippen LogP contribution < -0.4 is 0 Å². The Kier molecular flexibility index (Phi) is 4.73. The molecule has 0 atom stereocenters. The second-order valence-electron chi connectivity index (χ2n) is 5.56. The largest absolute Gasteiger partial charge is 0.207 e. The first-order valence-electron chi connectivity index (χ1n) is 7.24. The summed E-state index contributed by atoms with van der Waals surface area (Å²) in [6.07, 6.45) is 9.90. The maximum absolute atomic E-state index is 13.6. The Labute approximate surface area is 114 Å². The highest BCUT2D eigenvalue weighted by molar-refractivity contribution is 5.28. The standard InChI is InChI=1S/C17H22F2/c1-3-4-5-13-6-8-14(9-7-13)15-10-16(18)12(2)17(19)11-15/h4-5,10-11,13-14H,3,6-9H2,1-2H3/b5-4+. The lowest BCUT2D eigenvalue weighted by atomic mass is 9.78. The van der Waals surface area contributed by atoms with E-state index in [9.17, 15) is 8.78 Å². The van der Waals surface area contributed by atoms with Gasteiger partial charge in [-0.2, -0.15) is 0 Å². The van der Waals surface area contributed by atoms with Crippen molar-refractivity contribution in [2.75, 3.05) is 0 Å². The minimum Gasteiger partial charge on any atom is -0.207 e. The van der Waals surface area contributed by atoms with Crippen molar-refractivity contribution >= 4 is 0 Å². The first-order chi connectivity index (χ1) is 9.11. The van der Waals surface area contributed by atoms with Gasteiger partial charge < -0.3 is 0 Å². The molecule has 0 amide bonds. The Hall–Kier alpha value is -1.18. The second kappa shape index (κ2) is 6.31. The molecule has 1 aromatic rings. The highest BCUT2D eigenvalue weighted by Crippen LogP contribution is 2.37. The average Bonchev–Trinajstić information content (AvgIpc) is 2.42. The van der Waals surface area contributed by atoms with Crippen molar-refractivity contribution in [1.29, 1.82) is 0 Å². The summed E-state index contributed by atoms with van der Waals surface area (Å²) < 4.78 is 27.2. The van der Waals surface area contributed by atoms with Crippen molar-refractivity contribution in [3.05, 3.63) is 47.0 Å². The Balaban J connectivity index is 2.03. The van der Waals surface area contributed by atoms with Gasteiger partial charge in [0.15, 0.2) is 0 Å². The van der Waals surface area contributed by atoms with E-state index in [1.165, 1.54) is 19.1 Å². The molecule has 2 rings (SSSR count). The number of hydrogen-bond donors (Lipinski definition) is 0. The predicted octanol–water partition coefficient (Wildman–Crippen LogP) is 5.51. The van der Waals surface area contributed by atoms with Crippen LogP contribution in [0.4, 0.5) is 8.78 Å². The van der Waals surface area contributed by atoms with Gasteiger partial charge in [-0.1, -0.05) is 19.1 Å². The van der Waals surface area contributed by atoms with Gasteiger partial charge in [0.2, 0.25) is 0 Å². The van der Waals surface area contributed by atoms with E-state index in [-0.39, 0.29) is 5.56 Å². The summed E-state index contributed by atoms with van der Waals surface area (Å²) in [7, 11) is 0. The van der Waals surface area contributed by atoms with Crippen LogP contribution >= 0.6 is 0 Å². The van der Waals surface area contributed by atoms with E-state index >= 15 is 0 Å². The Morgan fingerprint density at radius 1 is 1.11 bits per heavy atom. The van der Waals surface area contributed by atoms with E-state index in [1.807, 2.05) is 0 Å². The van der Waals surface area contributed by atoms with Crippen LogP contribution in [-0.4, -0.2) is 0 Å². The molecule has 0 heterocycles. The van der Waals surface area contributed by atoms with E-state index in [0.29, 0.717) is 11.8 Å². The van der Waals surface area contributed by atoms with E-state index in [2.05, 4.69) is 19.1 Å². The minimum atomic E-state index is -0.414. The first kappa shape index (κ1) is 14.2. The van der Waals surface area contributed by atoms with Crippen LogP contribution in [0.25, 0.3) is 0 Å². The van der Waals surface area contributed by atoms with Gasteiger partial charge in [-0.3, -0.25) is 0 Å². The van der Waals surface area contributed by atoms with Crippen molar-refractivity contribution in [3.63, 3.8) is 0 Å². The fraction of sp³-hybridized carbons (Fsp3) is 0.529. The monoisotopic (exact) mass is 264 g/mol. The van der Waals surface area contributed by atoms with Crippen LogP contribution in [0.3, 0.4) is 0 Å². The molecular weight excluding hydrogens is 242 g/mol. The van der Waals surface area contributed by atoms with Crippen LogP contribution in [0.2, 0.25) is 0 Å². The highest BCUT2D eigenvalue weighted by atomic mass is 19.1. The van der Waals surface area contributed by atoms with Crippen molar-refractivity contribution in [1.82, 2.24) is 0 Å². The molecule has 2 heteroatoms. The predicted molar refractivity (Wildman–Crippen MR) is 75.2 cm³/mol. The highest BCUT2D eigenvalue weighted by Gasteiger charge is 2.22. The van der Waals surface area contributed by atoms with Crippen LogP contribution in [0, 0.1) is 24.5 Å². The van der Waals surface area contributed by atoms with Crippen molar-refractivity contribution < 1.29 is 8.78 Å². The van der Waals surface area contributed by atoms with Gasteiger partial charge in [-0.15, -0.1) is 0 Å². The summed E-state index contributed by atoms with van der Waals surface area (Å²) in [5.41, 5.74) is 0.960. The number of allylic oxidation sites excluding steroid dienone is 2. The zero-order valence-electron chi connectivity index (χ0n) is 11.8. The molecule has 104 valence electrons. The lowest BCUT2D eigenvalue weighted by molar-refractivity contribution is 0.373. The van der Waals surface area contributed by atoms with Gasteiger partial charge in [-0.25, -0.2) is 8.78 Å². The molecule has 1 saturated carbocycles. The maximum atomic E-state index is 13.6. The fourth-order valence-corrected chi connectivity index (χ4v) is 2.87. The Bertz CT molecular complexity index is 431. The van der Waals surface area contributed by atoms with Gasteiger partial charge in [0.1, 0.15) is 11.6 Å². The zero-order chi connectivity index (χ0) is 13.8. The van der Waals surface area contributed by atoms with Gasteiger partial charge in [-0.05, 0) is 68.6 Å². The van der Waals surface area contributed by atoms with Crippen LogP contribution in [0.5, 0.6) is 0 Å². The molecule has 1 aliphatic carbocycles. The normalized spacial score (nSPS) is 24.0.